The molecule has 0 spiro atoms. The van der Waals surface area contributed by atoms with E-state index < -0.39 is 0 Å². The highest BCUT2D eigenvalue weighted by molar-refractivity contribution is 5.91. The molecule has 0 radical (unpaired) electrons. The number of carbonyl (C=O) groups is 1. The van der Waals surface area contributed by atoms with Gasteiger partial charge in [0.05, 0.1) is 18.8 Å². The zero-order chi connectivity index (χ0) is 17.2. The van der Waals surface area contributed by atoms with Crippen molar-refractivity contribution in [2.24, 2.45) is 7.05 Å². The Labute approximate surface area is 148 Å². The normalized spacial score (nSPS) is 21.1. The molecule has 25 heavy (non-hydrogen) atoms. The van der Waals surface area contributed by atoms with E-state index in [1.165, 1.54) is 25.0 Å². The molecule has 1 fully saturated rings. The Morgan fingerprint density at radius 1 is 1.28 bits per heavy atom. The minimum atomic E-state index is -0.133. The topological polar surface area (TPSA) is 63.3 Å². The lowest BCUT2D eigenvalue weighted by atomic mass is 9.93. The summed E-state index contributed by atoms with van der Waals surface area (Å²) < 4.78 is 7.72. The van der Waals surface area contributed by atoms with Crippen LogP contribution in [0.5, 0.6) is 0 Å². The number of likely N-dealkylation sites (tertiary alicyclic amines) is 1. The minimum Gasteiger partial charge on any atom is -0.455 e. The van der Waals surface area contributed by atoms with Gasteiger partial charge in [-0.1, -0.05) is 6.42 Å². The first-order valence-corrected chi connectivity index (χ1v) is 9.33. The number of hydrogen-bond donors (Lipinski definition) is 1. The first-order chi connectivity index (χ1) is 12.2. The highest BCUT2D eigenvalue weighted by Crippen LogP contribution is 2.29. The van der Waals surface area contributed by atoms with Gasteiger partial charge in [0.2, 0.25) is 0 Å². The molecule has 2 aliphatic rings. The standard InChI is InChI=1S/C19H26N4O2/c1-22-17-7-5-6-16(15(17)12-20-22)21-19(24)18-9-8-14(25-18)13-23-10-3-2-4-11-23/h8-9,12,16H,2-7,10-11,13H2,1H3,(H,21,24)/t16-/m1/s1. The monoisotopic (exact) mass is 342 g/mol. The zero-order valence-corrected chi connectivity index (χ0v) is 14.8. The maximum atomic E-state index is 12.6. The van der Waals surface area contributed by atoms with Crippen LogP contribution >= 0.6 is 0 Å². The van der Waals surface area contributed by atoms with Crippen molar-refractivity contribution in [2.45, 2.75) is 51.1 Å². The third-order valence-corrected chi connectivity index (χ3v) is 5.39. The smallest absolute Gasteiger partial charge is 0.287 e. The number of aromatic nitrogens is 2. The van der Waals surface area contributed by atoms with E-state index in [2.05, 4.69) is 15.3 Å². The van der Waals surface area contributed by atoms with Crippen LogP contribution in [0.2, 0.25) is 0 Å². The number of aryl methyl sites for hydroxylation is 1. The van der Waals surface area contributed by atoms with Crippen LogP contribution < -0.4 is 5.32 Å². The molecular formula is C19H26N4O2. The molecule has 1 atom stereocenters. The molecule has 3 heterocycles. The van der Waals surface area contributed by atoms with Gasteiger partial charge in [0.1, 0.15) is 5.76 Å². The van der Waals surface area contributed by atoms with Crippen LogP contribution in [0.25, 0.3) is 0 Å². The predicted molar refractivity (Wildman–Crippen MR) is 94.2 cm³/mol. The minimum absolute atomic E-state index is 0.0283. The molecule has 4 rings (SSSR count). The van der Waals surface area contributed by atoms with E-state index in [-0.39, 0.29) is 11.9 Å². The van der Waals surface area contributed by atoms with Crippen molar-refractivity contribution >= 4 is 5.91 Å². The van der Waals surface area contributed by atoms with E-state index in [0.29, 0.717) is 5.76 Å². The summed E-state index contributed by atoms with van der Waals surface area (Å²) in [6, 6.07) is 3.75. The highest BCUT2D eigenvalue weighted by Gasteiger charge is 2.26. The third kappa shape index (κ3) is 3.49. The van der Waals surface area contributed by atoms with Gasteiger partial charge in [0.25, 0.3) is 5.91 Å². The van der Waals surface area contributed by atoms with E-state index >= 15 is 0 Å². The maximum Gasteiger partial charge on any atom is 0.287 e. The van der Waals surface area contributed by atoms with Crippen LogP contribution in [0.4, 0.5) is 0 Å². The van der Waals surface area contributed by atoms with E-state index in [9.17, 15) is 4.79 Å². The molecule has 6 nitrogen and oxygen atoms in total. The van der Waals surface area contributed by atoms with Gasteiger partial charge in [0.15, 0.2) is 5.76 Å². The zero-order valence-electron chi connectivity index (χ0n) is 14.8. The molecule has 1 aliphatic carbocycles. The molecule has 0 bridgehead atoms. The van der Waals surface area contributed by atoms with E-state index in [1.54, 1.807) is 6.07 Å². The summed E-state index contributed by atoms with van der Waals surface area (Å²) >= 11 is 0. The lowest BCUT2D eigenvalue weighted by molar-refractivity contribution is 0.0900. The molecule has 0 unspecified atom stereocenters. The lowest BCUT2D eigenvalue weighted by Gasteiger charge is -2.25. The van der Waals surface area contributed by atoms with Gasteiger partial charge >= 0.3 is 0 Å². The van der Waals surface area contributed by atoms with Gasteiger partial charge in [-0.25, -0.2) is 0 Å². The van der Waals surface area contributed by atoms with E-state index in [4.69, 9.17) is 4.42 Å². The molecule has 0 aromatic carbocycles. The van der Waals surface area contributed by atoms with Crippen molar-refractivity contribution in [2.75, 3.05) is 13.1 Å². The van der Waals surface area contributed by atoms with Gasteiger partial charge in [-0.05, 0) is 57.3 Å². The van der Waals surface area contributed by atoms with E-state index in [0.717, 1.165) is 50.2 Å². The molecule has 134 valence electrons. The second-order valence-corrected chi connectivity index (χ2v) is 7.19. The van der Waals surface area contributed by atoms with E-state index in [1.807, 2.05) is 24.0 Å². The van der Waals surface area contributed by atoms with Crippen LogP contribution in [0, 0.1) is 0 Å². The molecule has 1 saturated heterocycles. The first kappa shape index (κ1) is 16.4. The Hall–Kier alpha value is -2.08. The number of hydrogen-bond acceptors (Lipinski definition) is 4. The van der Waals surface area contributed by atoms with Crippen molar-refractivity contribution in [3.63, 3.8) is 0 Å². The molecule has 2 aromatic heterocycles. The fourth-order valence-corrected chi connectivity index (χ4v) is 4.01. The predicted octanol–water partition coefficient (Wildman–Crippen LogP) is 2.81. The fourth-order valence-electron chi connectivity index (χ4n) is 4.01. The van der Waals surface area contributed by atoms with Crippen molar-refractivity contribution < 1.29 is 9.21 Å². The number of carbonyl (C=O) groups excluding carboxylic acids is 1. The summed E-state index contributed by atoms with van der Waals surface area (Å²) in [7, 11) is 1.96. The lowest BCUT2D eigenvalue weighted by Crippen LogP contribution is -2.30. The van der Waals surface area contributed by atoms with Crippen molar-refractivity contribution in [3.8, 4) is 0 Å². The summed E-state index contributed by atoms with van der Waals surface area (Å²) in [5, 5.41) is 7.46. The Balaban J connectivity index is 1.40. The molecular weight excluding hydrogens is 316 g/mol. The van der Waals surface area contributed by atoms with Gasteiger partial charge in [-0.15, -0.1) is 0 Å². The molecule has 0 saturated carbocycles. The fraction of sp³-hybridized carbons (Fsp3) is 0.579. The number of fused-ring (bicyclic) bond motifs is 1. The van der Waals surface area contributed by atoms with Crippen LogP contribution in [0.15, 0.2) is 22.7 Å². The second-order valence-electron chi connectivity index (χ2n) is 7.19. The SMILES string of the molecule is Cn1ncc2c1CCC[C@H]2NC(=O)c1ccc(CN2CCCCC2)o1. The average molecular weight is 342 g/mol. The number of rotatable bonds is 4. The molecule has 1 N–H and O–H groups in total. The van der Waals surface area contributed by atoms with Crippen molar-refractivity contribution in [1.82, 2.24) is 20.0 Å². The van der Waals surface area contributed by atoms with Gasteiger partial charge in [-0.3, -0.25) is 14.4 Å². The van der Waals surface area contributed by atoms with Crippen molar-refractivity contribution in [3.05, 3.63) is 41.1 Å². The summed E-state index contributed by atoms with van der Waals surface area (Å²) in [5.74, 6) is 1.15. The summed E-state index contributed by atoms with van der Waals surface area (Å²) in [5.41, 5.74) is 2.36. The molecule has 1 aliphatic heterocycles. The van der Waals surface area contributed by atoms with Crippen LogP contribution in [0.3, 0.4) is 0 Å². The summed E-state index contributed by atoms with van der Waals surface area (Å²) in [6.07, 6.45) is 8.75. The number of furan rings is 1. The van der Waals surface area contributed by atoms with Crippen molar-refractivity contribution in [1.29, 1.82) is 0 Å². The largest absolute Gasteiger partial charge is 0.455 e. The second kappa shape index (κ2) is 7.04. The van der Waals surface area contributed by atoms with Crippen LogP contribution in [-0.4, -0.2) is 33.7 Å². The number of nitrogens with zero attached hydrogens (tertiary/aromatic N) is 3. The Bertz CT molecular complexity index is 742. The summed E-state index contributed by atoms with van der Waals surface area (Å²) in [6.45, 7) is 3.03. The Morgan fingerprint density at radius 3 is 2.96 bits per heavy atom. The number of nitrogens with one attached hydrogen (secondary N) is 1. The maximum absolute atomic E-state index is 12.6. The van der Waals surface area contributed by atoms with Crippen LogP contribution in [-0.2, 0) is 20.0 Å². The average Bonchev–Trinajstić information content (AvgIpc) is 3.24. The Kier molecular flexibility index (Phi) is 4.61. The quantitative estimate of drug-likeness (QED) is 0.928. The third-order valence-electron chi connectivity index (χ3n) is 5.39. The molecule has 6 heteroatoms. The Morgan fingerprint density at radius 2 is 2.12 bits per heavy atom. The first-order valence-electron chi connectivity index (χ1n) is 9.33. The molecule has 1 amide bonds. The van der Waals surface area contributed by atoms with Gasteiger partial charge in [0, 0.05) is 18.3 Å². The number of piperidine rings is 1. The van der Waals surface area contributed by atoms with Crippen LogP contribution in [0.1, 0.15) is 65.7 Å². The summed E-state index contributed by atoms with van der Waals surface area (Å²) in [4.78, 5) is 15.0. The van der Waals surface area contributed by atoms with Gasteiger partial charge < -0.3 is 9.73 Å². The number of amides is 1. The van der Waals surface area contributed by atoms with Gasteiger partial charge in [-0.2, -0.15) is 5.10 Å². The molecule has 2 aromatic rings. The highest BCUT2D eigenvalue weighted by atomic mass is 16.4.